The van der Waals surface area contributed by atoms with Crippen molar-refractivity contribution >= 4 is 5.91 Å². The smallest absolute Gasteiger partial charge is 0.225 e. The van der Waals surface area contributed by atoms with Crippen LogP contribution in [-0.4, -0.2) is 43.6 Å². The molecule has 1 unspecified atom stereocenters. The number of nitrogens with zero attached hydrogens (tertiary/aromatic N) is 1. The first-order valence-electron chi connectivity index (χ1n) is 6.95. The van der Waals surface area contributed by atoms with Crippen LogP contribution in [0.3, 0.4) is 0 Å². The van der Waals surface area contributed by atoms with Gasteiger partial charge < -0.3 is 15.0 Å². The van der Waals surface area contributed by atoms with Crippen molar-refractivity contribution in [2.24, 2.45) is 5.92 Å². The quantitative estimate of drug-likeness (QED) is 0.875. The maximum atomic E-state index is 12.2. The molecular formula is C15H22N2O2. The van der Waals surface area contributed by atoms with Crippen molar-refractivity contribution in [2.45, 2.75) is 13.3 Å². The van der Waals surface area contributed by atoms with Crippen LogP contribution < -0.4 is 10.1 Å². The Balaban J connectivity index is 1.71. The van der Waals surface area contributed by atoms with E-state index < -0.39 is 0 Å². The second kappa shape index (κ2) is 7.14. The molecule has 0 saturated carbocycles. The largest absolute Gasteiger partial charge is 0.494 e. The number of hydrogen-bond acceptors (Lipinski definition) is 3. The summed E-state index contributed by atoms with van der Waals surface area (Å²) in [5, 5.41) is 3.25. The van der Waals surface area contributed by atoms with Crippen LogP contribution >= 0.6 is 0 Å². The molecule has 1 N–H and O–H groups in total. The molecule has 1 saturated heterocycles. The normalized spacial score (nSPS) is 17.0. The Morgan fingerprint density at radius 3 is 2.68 bits per heavy atom. The third-order valence-corrected chi connectivity index (χ3v) is 3.41. The Kier molecular flexibility index (Phi) is 5.21. The summed E-state index contributed by atoms with van der Waals surface area (Å²) in [5.74, 6) is 1.14. The van der Waals surface area contributed by atoms with Gasteiger partial charge in [0.25, 0.3) is 0 Å². The van der Waals surface area contributed by atoms with E-state index in [2.05, 4.69) is 5.32 Å². The van der Waals surface area contributed by atoms with Crippen LogP contribution in [0.15, 0.2) is 30.3 Å². The molecule has 4 nitrogen and oxygen atoms in total. The van der Waals surface area contributed by atoms with Crippen molar-refractivity contribution in [3.05, 3.63) is 30.3 Å². The number of piperazine rings is 1. The van der Waals surface area contributed by atoms with Crippen molar-refractivity contribution in [1.82, 2.24) is 10.2 Å². The Morgan fingerprint density at radius 1 is 1.32 bits per heavy atom. The van der Waals surface area contributed by atoms with Gasteiger partial charge in [0, 0.05) is 32.1 Å². The zero-order valence-corrected chi connectivity index (χ0v) is 11.5. The highest BCUT2D eigenvalue weighted by atomic mass is 16.5. The molecule has 0 aromatic heterocycles. The van der Waals surface area contributed by atoms with Gasteiger partial charge in [0.15, 0.2) is 0 Å². The van der Waals surface area contributed by atoms with E-state index in [1.807, 2.05) is 42.2 Å². The van der Waals surface area contributed by atoms with Crippen LogP contribution in [0.1, 0.15) is 13.3 Å². The third-order valence-electron chi connectivity index (χ3n) is 3.41. The van der Waals surface area contributed by atoms with Crippen LogP contribution in [-0.2, 0) is 4.79 Å². The number of nitrogens with one attached hydrogen (secondary N) is 1. The second-order valence-electron chi connectivity index (χ2n) is 4.93. The molecule has 1 atom stereocenters. The van der Waals surface area contributed by atoms with Gasteiger partial charge in [0.1, 0.15) is 5.75 Å². The second-order valence-corrected chi connectivity index (χ2v) is 4.93. The SMILES string of the molecule is CC(CCOc1ccccc1)C(=O)N1CCNCC1. The van der Waals surface area contributed by atoms with E-state index in [0.29, 0.717) is 6.61 Å². The number of amides is 1. The summed E-state index contributed by atoms with van der Waals surface area (Å²) in [6.07, 6.45) is 0.762. The average molecular weight is 262 g/mol. The van der Waals surface area contributed by atoms with Gasteiger partial charge in [-0.1, -0.05) is 25.1 Å². The lowest BCUT2D eigenvalue weighted by Crippen LogP contribution is -2.48. The molecular weight excluding hydrogens is 240 g/mol. The van der Waals surface area contributed by atoms with Crippen LogP contribution in [0.2, 0.25) is 0 Å². The molecule has 0 radical (unpaired) electrons. The minimum absolute atomic E-state index is 0.0295. The van der Waals surface area contributed by atoms with Gasteiger partial charge in [-0.05, 0) is 18.6 Å². The molecule has 104 valence electrons. The molecule has 2 rings (SSSR count). The van der Waals surface area contributed by atoms with Crippen LogP contribution in [0.5, 0.6) is 5.75 Å². The van der Waals surface area contributed by atoms with E-state index in [1.165, 1.54) is 0 Å². The van der Waals surface area contributed by atoms with Crippen LogP contribution in [0.4, 0.5) is 0 Å². The average Bonchev–Trinajstić information content (AvgIpc) is 2.48. The minimum atomic E-state index is 0.0295. The number of benzene rings is 1. The number of hydrogen-bond donors (Lipinski definition) is 1. The minimum Gasteiger partial charge on any atom is -0.494 e. The van der Waals surface area contributed by atoms with Crippen molar-refractivity contribution in [3.8, 4) is 5.75 Å². The zero-order chi connectivity index (χ0) is 13.5. The lowest BCUT2D eigenvalue weighted by molar-refractivity contribution is -0.135. The summed E-state index contributed by atoms with van der Waals surface area (Å²) in [4.78, 5) is 14.1. The Bertz CT molecular complexity index is 388. The van der Waals surface area contributed by atoms with Gasteiger partial charge in [-0.15, -0.1) is 0 Å². The predicted molar refractivity (Wildman–Crippen MR) is 75.2 cm³/mol. The summed E-state index contributed by atoms with van der Waals surface area (Å²) in [7, 11) is 0. The lowest BCUT2D eigenvalue weighted by Gasteiger charge is -2.29. The number of rotatable bonds is 5. The summed E-state index contributed by atoms with van der Waals surface area (Å²) < 4.78 is 5.63. The van der Waals surface area contributed by atoms with Gasteiger partial charge in [0.2, 0.25) is 5.91 Å². The molecule has 1 aromatic carbocycles. The lowest BCUT2D eigenvalue weighted by atomic mass is 10.1. The van der Waals surface area contributed by atoms with Gasteiger partial charge in [-0.25, -0.2) is 0 Å². The fraction of sp³-hybridized carbons (Fsp3) is 0.533. The highest BCUT2D eigenvalue weighted by Gasteiger charge is 2.21. The molecule has 1 aliphatic heterocycles. The Labute approximate surface area is 114 Å². The number of para-hydroxylation sites is 1. The van der Waals surface area contributed by atoms with E-state index in [4.69, 9.17) is 4.74 Å². The first kappa shape index (κ1) is 13.9. The molecule has 0 spiro atoms. The monoisotopic (exact) mass is 262 g/mol. The van der Waals surface area contributed by atoms with E-state index in [1.54, 1.807) is 0 Å². The van der Waals surface area contributed by atoms with Gasteiger partial charge >= 0.3 is 0 Å². The topological polar surface area (TPSA) is 41.6 Å². The van der Waals surface area contributed by atoms with Crippen molar-refractivity contribution in [2.75, 3.05) is 32.8 Å². The summed E-state index contributed by atoms with van der Waals surface area (Å²) in [6.45, 7) is 6.02. The summed E-state index contributed by atoms with van der Waals surface area (Å²) >= 11 is 0. The van der Waals surface area contributed by atoms with E-state index in [0.717, 1.165) is 38.3 Å². The molecule has 19 heavy (non-hydrogen) atoms. The molecule has 4 heteroatoms. The summed E-state index contributed by atoms with van der Waals surface area (Å²) in [5.41, 5.74) is 0. The standard InChI is InChI=1S/C15H22N2O2/c1-13(15(18)17-10-8-16-9-11-17)7-12-19-14-5-3-2-4-6-14/h2-6,13,16H,7-12H2,1H3. The molecule has 1 heterocycles. The molecule has 0 aliphatic carbocycles. The molecule has 1 fully saturated rings. The van der Waals surface area contributed by atoms with Crippen molar-refractivity contribution < 1.29 is 9.53 Å². The van der Waals surface area contributed by atoms with E-state index in [-0.39, 0.29) is 11.8 Å². The number of carbonyl (C=O) groups is 1. The fourth-order valence-electron chi connectivity index (χ4n) is 2.19. The maximum absolute atomic E-state index is 12.2. The molecule has 1 amide bonds. The van der Waals surface area contributed by atoms with E-state index in [9.17, 15) is 4.79 Å². The zero-order valence-electron chi connectivity index (χ0n) is 11.5. The number of carbonyl (C=O) groups excluding carboxylic acids is 1. The molecule has 1 aromatic rings. The van der Waals surface area contributed by atoms with E-state index >= 15 is 0 Å². The first-order chi connectivity index (χ1) is 9.27. The maximum Gasteiger partial charge on any atom is 0.225 e. The van der Waals surface area contributed by atoms with Gasteiger partial charge in [-0.3, -0.25) is 4.79 Å². The molecule has 0 bridgehead atoms. The Morgan fingerprint density at radius 2 is 2.00 bits per heavy atom. The van der Waals surface area contributed by atoms with Gasteiger partial charge in [0.05, 0.1) is 6.61 Å². The third kappa shape index (κ3) is 4.24. The van der Waals surface area contributed by atoms with Crippen LogP contribution in [0, 0.1) is 5.92 Å². The highest BCUT2D eigenvalue weighted by molar-refractivity contribution is 5.78. The van der Waals surface area contributed by atoms with Crippen molar-refractivity contribution in [1.29, 1.82) is 0 Å². The highest BCUT2D eigenvalue weighted by Crippen LogP contribution is 2.12. The van der Waals surface area contributed by atoms with Crippen LogP contribution in [0.25, 0.3) is 0 Å². The Hall–Kier alpha value is -1.55. The first-order valence-corrected chi connectivity index (χ1v) is 6.95. The fourth-order valence-corrected chi connectivity index (χ4v) is 2.19. The molecule has 1 aliphatic rings. The van der Waals surface area contributed by atoms with Gasteiger partial charge in [-0.2, -0.15) is 0 Å². The predicted octanol–water partition coefficient (Wildman–Crippen LogP) is 1.52. The number of ether oxygens (including phenoxy) is 1. The van der Waals surface area contributed by atoms with Crippen molar-refractivity contribution in [3.63, 3.8) is 0 Å². The summed E-state index contributed by atoms with van der Waals surface area (Å²) in [6, 6.07) is 9.73.